The summed E-state index contributed by atoms with van der Waals surface area (Å²) < 4.78 is 0. The van der Waals surface area contributed by atoms with E-state index in [9.17, 15) is 30.6 Å². The van der Waals surface area contributed by atoms with Gasteiger partial charge in [-0.1, -0.05) is 32.4 Å². The van der Waals surface area contributed by atoms with Gasteiger partial charge in [0.25, 0.3) is 0 Å². The molecule has 1 aromatic rings. The predicted octanol–water partition coefficient (Wildman–Crippen LogP) is 1.64. The van der Waals surface area contributed by atoms with Gasteiger partial charge in [0, 0.05) is 28.0 Å². The van der Waals surface area contributed by atoms with Crippen LogP contribution in [0.5, 0.6) is 5.75 Å². The van der Waals surface area contributed by atoms with E-state index >= 15 is 0 Å². The van der Waals surface area contributed by atoms with Crippen molar-refractivity contribution in [2.75, 3.05) is 13.2 Å². The molecular weight excluding hydrogens is 336 g/mol. The Morgan fingerprint density at radius 1 is 0.923 bits per heavy atom. The Balaban J connectivity index is 2.63. The smallest absolute Gasteiger partial charge is 0.126 e. The van der Waals surface area contributed by atoms with Crippen LogP contribution >= 0.6 is 0 Å². The maximum Gasteiger partial charge on any atom is 0.126 e. The average Bonchev–Trinajstić information content (AvgIpc) is 2.62. The van der Waals surface area contributed by atoms with Crippen molar-refractivity contribution >= 4 is 0 Å². The van der Waals surface area contributed by atoms with Crippen LogP contribution in [0.1, 0.15) is 37.5 Å². The Labute approximate surface area is 153 Å². The number of aliphatic hydroxyl groups is 5. The molecular formula is C20H28O6. The van der Waals surface area contributed by atoms with Gasteiger partial charge in [0.15, 0.2) is 0 Å². The Morgan fingerprint density at radius 3 is 1.88 bits per heavy atom. The largest absolute Gasteiger partial charge is 0.512 e. The average molecular weight is 364 g/mol. The van der Waals surface area contributed by atoms with Crippen molar-refractivity contribution < 1.29 is 30.6 Å². The molecule has 6 heteroatoms. The van der Waals surface area contributed by atoms with Crippen molar-refractivity contribution in [1.82, 2.24) is 0 Å². The van der Waals surface area contributed by atoms with Gasteiger partial charge < -0.3 is 30.6 Å². The normalized spacial score (nSPS) is 21.1. The van der Waals surface area contributed by atoms with E-state index in [2.05, 4.69) is 0 Å². The number of hydrogen-bond acceptors (Lipinski definition) is 6. The molecule has 0 spiro atoms. The first kappa shape index (κ1) is 20.5. The second-order valence-electron chi connectivity index (χ2n) is 7.33. The first-order valence-corrected chi connectivity index (χ1v) is 8.65. The van der Waals surface area contributed by atoms with Crippen LogP contribution in [0, 0.1) is 11.8 Å². The predicted molar refractivity (Wildman–Crippen MR) is 97.5 cm³/mol. The van der Waals surface area contributed by atoms with Gasteiger partial charge in [-0.15, -0.1) is 0 Å². The van der Waals surface area contributed by atoms with Crippen molar-refractivity contribution in [2.45, 2.75) is 39.4 Å². The Morgan fingerprint density at radius 2 is 1.46 bits per heavy atom. The monoisotopic (exact) mass is 364 g/mol. The molecule has 2 atom stereocenters. The number of aromatic hydroxyl groups is 1. The zero-order valence-corrected chi connectivity index (χ0v) is 15.4. The van der Waals surface area contributed by atoms with Crippen LogP contribution < -0.4 is 0 Å². The number of rotatable bonds is 6. The van der Waals surface area contributed by atoms with E-state index in [1.807, 2.05) is 20.8 Å². The summed E-state index contributed by atoms with van der Waals surface area (Å²) >= 11 is 0. The standard InChI is InChI=1S/C20H28O6/c1-11-16(10-24)19(26)14(9-23)6-17(11)20(2,3)15-4-12(7-21)18(25)13(5-15)8-22/h4-6,11,16,21-26H,7-10H2,1-3H3. The second kappa shape index (κ2) is 7.80. The van der Waals surface area contributed by atoms with E-state index in [0.29, 0.717) is 16.7 Å². The molecule has 0 fully saturated rings. The van der Waals surface area contributed by atoms with Gasteiger partial charge in [-0.3, -0.25) is 0 Å². The highest BCUT2D eigenvalue weighted by molar-refractivity contribution is 5.50. The van der Waals surface area contributed by atoms with Crippen LogP contribution in [0.2, 0.25) is 0 Å². The van der Waals surface area contributed by atoms with E-state index in [1.165, 1.54) is 0 Å². The van der Waals surface area contributed by atoms with E-state index in [-0.39, 0.29) is 43.9 Å². The molecule has 0 amide bonds. The molecule has 0 heterocycles. The minimum atomic E-state index is -0.588. The van der Waals surface area contributed by atoms with Gasteiger partial charge in [-0.2, -0.15) is 0 Å². The molecule has 1 aliphatic carbocycles. The highest BCUT2D eigenvalue weighted by Crippen LogP contribution is 2.45. The Kier molecular flexibility index (Phi) is 6.13. The van der Waals surface area contributed by atoms with Crippen molar-refractivity contribution in [3.8, 4) is 5.75 Å². The number of aliphatic hydroxyl groups excluding tert-OH is 5. The van der Waals surface area contributed by atoms with Gasteiger partial charge >= 0.3 is 0 Å². The molecule has 2 unspecified atom stereocenters. The fourth-order valence-corrected chi connectivity index (χ4v) is 3.73. The lowest BCUT2D eigenvalue weighted by Gasteiger charge is -2.39. The number of hydrogen-bond donors (Lipinski definition) is 6. The lowest BCUT2D eigenvalue weighted by molar-refractivity contribution is 0.162. The molecule has 2 rings (SSSR count). The van der Waals surface area contributed by atoms with Gasteiger partial charge in [0.2, 0.25) is 0 Å². The quantitative estimate of drug-likeness (QED) is 0.456. The highest BCUT2D eigenvalue weighted by Gasteiger charge is 2.38. The lowest BCUT2D eigenvalue weighted by Crippen LogP contribution is -2.34. The van der Waals surface area contributed by atoms with E-state index in [1.54, 1.807) is 18.2 Å². The fraction of sp³-hybridized carbons (Fsp3) is 0.500. The molecule has 0 saturated heterocycles. The first-order valence-electron chi connectivity index (χ1n) is 8.65. The topological polar surface area (TPSA) is 121 Å². The van der Waals surface area contributed by atoms with E-state index < -0.39 is 11.3 Å². The van der Waals surface area contributed by atoms with Crippen molar-refractivity contribution in [3.05, 3.63) is 51.8 Å². The molecule has 0 aromatic heterocycles. The number of benzene rings is 1. The summed E-state index contributed by atoms with van der Waals surface area (Å²) in [4.78, 5) is 0. The molecule has 144 valence electrons. The molecule has 0 aliphatic heterocycles. The van der Waals surface area contributed by atoms with Crippen molar-refractivity contribution in [3.63, 3.8) is 0 Å². The third-order valence-corrected chi connectivity index (χ3v) is 5.52. The molecule has 0 bridgehead atoms. The fourth-order valence-electron chi connectivity index (χ4n) is 3.73. The maximum absolute atomic E-state index is 10.3. The number of allylic oxidation sites excluding steroid dienone is 1. The second-order valence-corrected chi connectivity index (χ2v) is 7.33. The molecule has 6 N–H and O–H groups in total. The van der Waals surface area contributed by atoms with Gasteiger partial charge in [-0.05, 0) is 23.6 Å². The van der Waals surface area contributed by atoms with E-state index in [4.69, 9.17) is 0 Å². The molecule has 1 aromatic carbocycles. The minimum Gasteiger partial charge on any atom is -0.512 e. The molecule has 0 saturated carbocycles. The van der Waals surface area contributed by atoms with E-state index in [0.717, 1.165) is 11.1 Å². The van der Waals surface area contributed by atoms with Crippen LogP contribution in [0.15, 0.2) is 35.1 Å². The summed E-state index contributed by atoms with van der Waals surface area (Å²) in [5, 5.41) is 58.7. The van der Waals surface area contributed by atoms with Crippen molar-refractivity contribution in [2.24, 2.45) is 11.8 Å². The van der Waals surface area contributed by atoms with Gasteiger partial charge in [0.05, 0.1) is 26.4 Å². The summed E-state index contributed by atoms with van der Waals surface area (Å²) in [6.07, 6.45) is 1.75. The highest BCUT2D eigenvalue weighted by atomic mass is 16.3. The molecule has 6 nitrogen and oxygen atoms in total. The van der Waals surface area contributed by atoms with Crippen LogP contribution in [-0.4, -0.2) is 43.9 Å². The van der Waals surface area contributed by atoms with Crippen LogP contribution in [0.25, 0.3) is 0 Å². The maximum atomic E-state index is 10.3. The number of phenols is 1. The lowest BCUT2D eigenvalue weighted by atomic mass is 9.66. The van der Waals surface area contributed by atoms with Crippen LogP contribution in [0.4, 0.5) is 0 Å². The third kappa shape index (κ3) is 3.38. The summed E-state index contributed by atoms with van der Waals surface area (Å²) in [5.74, 6) is -0.820. The summed E-state index contributed by atoms with van der Waals surface area (Å²) in [6, 6.07) is 3.37. The van der Waals surface area contributed by atoms with Gasteiger partial charge in [-0.25, -0.2) is 0 Å². The SMILES string of the molecule is CC1C(C(C)(C)c2cc(CO)c(O)c(CO)c2)=CC(CO)=C(O)C1CO. The zero-order valence-electron chi connectivity index (χ0n) is 15.4. The summed E-state index contributed by atoms with van der Waals surface area (Å²) in [7, 11) is 0. The first-order chi connectivity index (χ1) is 12.2. The van der Waals surface area contributed by atoms with Crippen LogP contribution in [0.3, 0.4) is 0 Å². The Bertz CT molecular complexity index is 707. The minimum absolute atomic E-state index is 0.000138. The Hall–Kier alpha value is -1.86. The zero-order chi connectivity index (χ0) is 19.6. The summed E-state index contributed by atoms with van der Waals surface area (Å²) in [6.45, 7) is 4.50. The molecule has 26 heavy (non-hydrogen) atoms. The summed E-state index contributed by atoms with van der Waals surface area (Å²) in [5.41, 5.74) is 2.10. The van der Waals surface area contributed by atoms with Crippen molar-refractivity contribution in [1.29, 1.82) is 0 Å². The molecule has 0 radical (unpaired) electrons. The van der Waals surface area contributed by atoms with Crippen LogP contribution in [-0.2, 0) is 18.6 Å². The third-order valence-electron chi connectivity index (χ3n) is 5.52. The van der Waals surface area contributed by atoms with Gasteiger partial charge in [0.1, 0.15) is 11.5 Å². The molecule has 1 aliphatic rings.